The fourth-order valence-electron chi connectivity index (χ4n) is 12.4. The topological polar surface area (TPSA) is 231 Å². The average Bonchev–Trinajstić information content (AvgIpc) is 0.903. The molecule has 0 rings (SSSR count). The fraction of sp³-hybridized carbons (Fsp3) is 0.737. The van der Waals surface area contributed by atoms with Crippen LogP contribution in [0.1, 0.15) is 393 Å². The lowest BCUT2D eigenvalue weighted by atomic mass is 10.0. The van der Waals surface area contributed by atoms with E-state index in [1.807, 2.05) is 0 Å². The van der Waals surface area contributed by atoms with Crippen molar-refractivity contribution < 1.29 is 75.8 Å². The Balaban J connectivity index is 4.48. The van der Waals surface area contributed by atoms with Crippen LogP contribution in [0.25, 0.3) is 0 Å². The van der Waals surface area contributed by atoms with Gasteiger partial charge in [-0.25, -0.2) is 9.13 Å². The van der Waals surface area contributed by atoms with E-state index in [1.165, 1.54) is 193 Å². The zero-order valence-electron chi connectivity index (χ0n) is 71.8. The van der Waals surface area contributed by atoms with E-state index in [0.717, 1.165) is 141 Å². The normalized spacial score (nSPS) is 14.4. The first-order valence-electron chi connectivity index (χ1n) is 45.5. The van der Waals surface area contributed by atoms with Crippen molar-refractivity contribution in [3.05, 3.63) is 134 Å². The summed E-state index contributed by atoms with van der Waals surface area (Å²) in [6.07, 6.45) is 108. The Hall–Kier alpha value is -4.31. The molecule has 16 nitrogen and oxygen atoms in total. The van der Waals surface area contributed by atoms with Gasteiger partial charge in [0.25, 0.3) is 0 Å². The van der Waals surface area contributed by atoms with Crippen molar-refractivity contribution >= 4 is 33.6 Å². The molecule has 652 valence electrons. The Morgan fingerprint density at radius 1 is 0.257 bits per heavy atom. The molecule has 0 saturated carbocycles. The Bertz CT molecular complexity index is 2580. The van der Waals surface area contributed by atoms with Gasteiger partial charge in [-0.2, -0.15) is 0 Å². The van der Waals surface area contributed by atoms with E-state index >= 15 is 0 Å². The lowest BCUT2D eigenvalue weighted by Crippen LogP contribution is -2.30. The van der Waals surface area contributed by atoms with E-state index in [0.29, 0.717) is 19.3 Å². The maximum Gasteiger partial charge on any atom is 0.472 e. The molecule has 4 N–H and O–H groups in total. The molecule has 5 atom stereocenters. The quantitative estimate of drug-likeness (QED) is 0.0146. The summed E-state index contributed by atoms with van der Waals surface area (Å²) >= 11 is 0. The van der Waals surface area contributed by atoms with E-state index in [4.69, 9.17) is 32.3 Å². The van der Waals surface area contributed by atoms with Crippen LogP contribution in [-0.2, 0) is 55.8 Å². The van der Waals surface area contributed by atoms with Crippen LogP contribution in [0.2, 0.25) is 0 Å². The van der Waals surface area contributed by atoms with Gasteiger partial charge >= 0.3 is 33.6 Å². The van der Waals surface area contributed by atoms with Crippen molar-refractivity contribution in [1.82, 2.24) is 0 Å². The highest BCUT2D eigenvalue weighted by Crippen LogP contribution is 2.45. The van der Waals surface area contributed by atoms with E-state index < -0.39 is 91.5 Å². The van der Waals surface area contributed by atoms with Crippen LogP contribution in [0.4, 0.5) is 0 Å². The van der Waals surface area contributed by atoms with Crippen LogP contribution >= 0.6 is 15.6 Å². The Labute approximate surface area is 690 Å². The van der Waals surface area contributed by atoms with Crippen molar-refractivity contribution in [1.29, 1.82) is 0 Å². The van der Waals surface area contributed by atoms with Gasteiger partial charge < -0.3 is 34.2 Å². The molecule has 0 aromatic heterocycles. The molecule has 18 heteroatoms. The summed E-state index contributed by atoms with van der Waals surface area (Å²) in [5.74, 6) is -1.57. The first-order chi connectivity index (χ1) is 55.2. The number of carbonyl (C=O) groups excluding carboxylic acids is 3. The smallest absolute Gasteiger partial charge is 0.463 e. The molecule has 5 unspecified atom stereocenters. The molecule has 0 aromatic carbocycles. The first kappa shape index (κ1) is 109. The van der Waals surface area contributed by atoms with Crippen molar-refractivity contribution in [3.8, 4) is 0 Å². The molecule has 113 heavy (non-hydrogen) atoms. The summed E-state index contributed by atoms with van der Waals surface area (Å²) in [6, 6.07) is 0. The van der Waals surface area contributed by atoms with Crippen molar-refractivity contribution in [2.45, 2.75) is 411 Å². The zero-order chi connectivity index (χ0) is 82.2. The number of carbonyl (C=O) groups is 3. The molecule has 0 fully saturated rings. The third-order valence-corrected chi connectivity index (χ3v) is 21.2. The molecule has 0 radical (unpaired) electrons. The molecule has 0 heterocycles. The van der Waals surface area contributed by atoms with Crippen LogP contribution in [0.3, 0.4) is 0 Å². The van der Waals surface area contributed by atoms with Crippen LogP contribution in [-0.4, -0.2) is 95.9 Å². The standard InChI is InChI=1S/C95H166O16P2/c1-4-7-10-13-16-19-22-25-28-30-32-34-36-38-40-42-44-46-48-50-52-54-56-58-61-63-66-69-72-75-78-81-93(98)105-84-90(96)85-107-112(101,102)108-86-91(97)87-109-113(103,104)110-89-92(111-95(100)83-80-77-74-71-68-65-60-27-24-21-18-15-12-9-6-3)88-106-94(99)82-79-76-73-70-67-64-62-59-57-55-53-51-49-47-45-43-41-39-37-35-33-31-29-26-23-20-17-14-11-8-5-2/h7,10,16-17,19-20,25-29,32-35,38-41,44,46,60,90-92,96-97H,4-6,8-9,11-15,18,21-24,30-31,36-37,42-43,45,47-59,61-89H2,1-3H3,(H,101,102)(H,103,104)/b10-7-,19-16-,20-17-,28-25-,29-26-,34-32-,35-33-,40-38-,41-39-,46-44-,60-27-. The number of phosphoric acid groups is 2. The lowest BCUT2D eigenvalue weighted by Gasteiger charge is -2.21. The van der Waals surface area contributed by atoms with Gasteiger partial charge in [-0.05, 0) is 141 Å². The molecule has 0 bridgehead atoms. The molecule has 0 amide bonds. The van der Waals surface area contributed by atoms with E-state index in [-0.39, 0.29) is 19.3 Å². The molecule has 0 aliphatic rings. The molecule has 0 saturated heterocycles. The number of phosphoric ester groups is 2. The second-order valence-corrected chi connectivity index (χ2v) is 33.3. The van der Waals surface area contributed by atoms with Gasteiger partial charge in [0, 0.05) is 19.3 Å². The highest BCUT2D eigenvalue weighted by atomic mass is 31.2. The molecule has 0 aliphatic heterocycles. The number of rotatable bonds is 86. The number of unbranched alkanes of at least 4 members (excludes halogenated alkanes) is 41. The van der Waals surface area contributed by atoms with E-state index in [9.17, 15) is 43.5 Å². The Morgan fingerprint density at radius 3 is 0.770 bits per heavy atom. The monoisotopic (exact) mass is 1630 g/mol. The fourth-order valence-corrected chi connectivity index (χ4v) is 14.0. The van der Waals surface area contributed by atoms with Crippen LogP contribution in [0, 0.1) is 0 Å². The van der Waals surface area contributed by atoms with Crippen molar-refractivity contribution in [2.24, 2.45) is 0 Å². The van der Waals surface area contributed by atoms with Gasteiger partial charge in [-0.15, -0.1) is 0 Å². The molecule has 0 spiro atoms. The van der Waals surface area contributed by atoms with Crippen LogP contribution in [0.5, 0.6) is 0 Å². The zero-order valence-corrected chi connectivity index (χ0v) is 73.6. The van der Waals surface area contributed by atoms with Crippen LogP contribution < -0.4 is 0 Å². The second kappa shape index (κ2) is 87.0. The van der Waals surface area contributed by atoms with Gasteiger partial charge in [-0.3, -0.25) is 32.5 Å². The third-order valence-electron chi connectivity index (χ3n) is 19.3. The molecular formula is C95H166O16P2. The summed E-state index contributed by atoms with van der Waals surface area (Å²) in [5, 5.41) is 20.7. The average molecular weight is 1630 g/mol. The third kappa shape index (κ3) is 88.3. The van der Waals surface area contributed by atoms with Crippen LogP contribution in [0.15, 0.2) is 134 Å². The number of aliphatic hydroxyl groups is 2. The highest BCUT2D eigenvalue weighted by Gasteiger charge is 2.29. The number of hydrogen-bond donors (Lipinski definition) is 4. The van der Waals surface area contributed by atoms with Crippen molar-refractivity contribution in [2.75, 3.05) is 39.6 Å². The molecular weight excluding hydrogens is 1460 g/mol. The largest absolute Gasteiger partial charge is 0.472 e. The molecule has 0 aliphatic carbocycles. The molecule has 0 aromatic rings. The highest BCUT2D eigenvalue weighted by molar-refractivity contribution is 7.47. The first-order valence-corrected chi connectivity index (χ1v) is 48.5. The van der Waals surface area contributed by atoms with Gasteiger partial charge in [0.15, 0.2) is 6.10 Å². The number of aliphatic hydroxyl groups excluding tert-OH is 2. The summed E-state index contributed by atoms with van der Waals surface area (Å²) in [4.78, 5) is 58.9. The Kier molecular flexibility index (Phi) is 83.7. The number of allylic oxidation sites excluding steroid dienone is 22. The second-order valence-electron chi connectivity index (χ2n) is 30.4. The SMILES string of the molecule is CC/C=C\C/C=C\C/C=C\C/C=C\C/C=C\C/C=C\CCCCCCCCCCCCCCC(=O)OCC(O)COP(=O)(O)OCC(O)COP(=O)(O)OCC(COC(=O)CCCCCCCCCCCCCCCCC/C=C\C/C=C\C/C=C\C/C=C\CCCCC)OC(=O)CCCCCCC/C=C\CCCCCCCC. The minimum atomic E-state index is -4.94. The predicted octanol–water partition coefficient (Wildman–Crippen LogP) is 27.8. The van der Waals surface area contributed by atoms with E-state index in [1.54, 1.807) is 0 Å². The summed E-state index contributed by atoms with van der Waals surface area (Å²) in [6.45, 7) is 2.58. The van der Waals surface area contributed by atoms with Gasteiger partial charge in [0.1, 0.15) is 25.4 Å². The van der Waals surface area contributed by atoms with Gasteiger partial charge in [-0.1, -0.05) is 366 Å². The minimum Gasteiger partial charge on any atom is -0.463 e. The number of esters is 3. The summed E-state index contributed by atoms with van der Waals surface area (Å²) in [5.41, 5.74) is 0. The summed E-state index contributed by atoms with van der Waals surface area (Å²) in [7, 11) is -9.80. The Morgan fingerprint density at radius 2 is 0.469 bits per heavy atom. The summed E-state index contributed by atoms with van der Waals surface area (Å²) < 4.78 is 61.4. The van der Waals surface area contributed by atoms with Gasteiger partial charge in [0.05, 0.1) is 26.4 Å². The van der Waals surface area contributed by atoms with Crippen molar-refractivity contribution in [3.63, 3.8) is 0 Å². The minimum absolute atomic E-state index is 0.0954. The van der Waals surface area contributed by atoms with E-state index in [2.05, 4.69) is 154 Å². The number of ether oxygens (including phenoxy) is 3. The maximum atomic E-state index is 13.0. The predicted molar refractivity (Wildman–Crippen MR) is 473 cm³/mol. The van der Waals surface area contributed by atoms with Gasteiger partial charge in [0.2, 0.25) is 0 Å². The lowest BCUT2D eigenvalue weighted by molar-refractivity contribution is -0.161. The maximum absolute atomic E-state index is 13.0. The number of hydrogen-bond acceptors (Lipinski definition) is 14.